The van der Waals surface area contributed by atoms with Crippen LogP contribution in [0.25, 0.3) is 11.1 Å². The van der Waals surface area contributed by atoms with Crippen LogP contribution in [-0.4, -0.2) is 12.0 Å². The summed E-state index contributed by atoms with van der Waals surface area (Å²) in [5, 5.41) is 3.03. The van der Waals surface area contributed by atoms with E-state index < -0.39 is 5.76 Å². The lowest BCUT2D eigenvalue weighted by molar-refractivity contribution is 0.555. The third kappa shape index (κ3) is 1.48. The summed E-state index contributed by atoms with van der Waals surface area (Å²) in [6.07, 6.45) is 0. The molecule has 4 nitrogen and oxygen atoms in total. The molecule has 0 bridgehead atoms. The SMILES string of the molecule is CNCc1ccc2[nH]c(=O)oc2c1. The van der Waals surface area contributed by atoms with Gasteiger partial charge in [-0.25, -0.2) is 4.79 Å². The van der Waals surface area contributed by atoms with E-state index in [0.29, 0.717) is 5.58 Å². The molecule has 0 aliphatic rings. The maximum atomic E-state index is 10.8. The molecule has 0 amide bonds. The second-order valence-electron chi connectivity index (χ2n) is 2.88. The summed E-state index contributed by atoms with van der Waals surface area (Å²) >= 11 is 0. The first kappa shape index (κ1) is 8.07. The predicted octanol–water partition coefficient (Wildman–Crippen LogP) is 0.841. The Morgan fingerprint density at radius 3 is 3.15 bits per heavy atom. The molecule has 1 aromatic carbocycles. The van der Waals surface area contributed by atoms with E-state index >= 15 is 0 Å². The van der Waals surface area contributed by atoms with Crippen LogP contribution in [0.3, 0.4) is 0 Å². The summed E-state index contributed by atoms with van der Waals surface area (Å²) in [7, 11) is 1.87. The number of rotatable bonds is 2. The molecule has 0 saturated carbocycles. The van der Waals surface area contributed by atoms with E-state index in [4.69, 9.17) is 4.42 Å². The van der Waals surface area contributed by atoms with Crippen LogP contribution < -0.4 is 11.1 Å². The summed E-state index contributed by atoms with van der Waals surface area (Å²) in [5.41, 5.74) is 2.44. The quantitative estimate of drug-likeness (QED) is 0.716. The average Bonchev–Trinajstić information content (AvgIpc) is 2.44. The lowest BCUT2D eigenvalue weighted by atomic mass is 10.2. The van der Waals surface area contributed by atoms with E-state index in [1.807, 2.05) is 25.2 Å². The fraction of sp³-hybridized carbons (Fsp3) is 0.222. The Morgan fingerprint density at radius 2 is 2.38 bits per heavy atom. The highest BCUT2D eigenvalue weighted by atomic mass is 16.4. The minimum Gasteiger partial charge on any atom is -0.408 e. The normalized spacial score (nSPS) is 10.8. The second-order valence-corrected chi connectivity index (χ2v) is 2.88. The van der Waals surface area contributed by atoms with Crippen LogP contribution in [0.5, 0.6) is 0 Å². The van der Waals surface area contributed by atoms with Crippen LogP contribution in [0.1, 0.15) is 5.56 Å². The van der Waals surface area contributed by atoms with Crippen molar-refractivity contribution in [2.24, 2.45) is 0 Å². The highest BCUT2D eigenvalue weighted by Crippen LogP contribution is 2.11. The average molecular weight is 178 g/mol. The number of aromatic nitrogens is 1. The van der Waals surface area contributed by atoms with Gasteiger partial charge in [-0.3, -0.25) is 4.98 Å². The molecule has 0 spiro atoms. The highest BCUT2D eigenvalue weighted by molar-refractivity contribution is 5.72. The third-order valence-electron chi connectivity index (χ3n) is 1.87. The van der Waals surface area contributed by atoms with Gasteiger partial charge in [-0.15, -0.1) is 0 Å². The Balaban J connectivity index is 2.54. The van der Waals surface area contributed by atoms with E-state index in [2.05, 4.69) is 10.3 Å². The highest BCUT2D eigenvalue weighted by Gasteiger charge is 2.00. The van der Waals surface area contributed by atoms with Gasteiger partial charge in [-0.1, -0.05) is 6.07 Å². The molecule has 2 aromatic rings. The summed E-state index contributed by atoms with van der Waals surface area (Å²) in [6, 6.07) is 5.64. The second kappa shape index (κ2) is 3.06. The van der Waals surface area contributed by atoms with Crippen molar-refractivity contribution < 1.29 is 4.42 Å². The van der Waals surface area contributed by atoms with Gasteiger partial charge in [-0.2, -0.15) is 0 Å². The first-order valence-corrected chi connectivity index (χ1v) is 4.06. The Hall–Kier alpha value is -1.55. The monoisotopic (exact) mass is 178 g/mol. The minimum absolute atomic E-state index is 0.406. The van der Waals surface area contributed by atoms with Crippen molar-refractivity contribution in [2.75, 3.05) is 7.05 Å². The number of benzene rings is 1. The molecule has 2 rings (SSSR count). The Kier molecular flexibility index (Phi) is 1.90. The number of oxazole rings is 1. The van der Waals surface area contributed by atoms with Crippen molar-refractivity contribution in [3.05, 3.63) is 34.3 Å². The van der Waals surface area contributed by atoms with Crippen molar-refractivity contribution in [3.8, 4) is 0 Å². The van der Waals surface area contributed by atoms with Gasteiger partial charge < -0.3 is 9.73 Å². The molecule has 2 N–H and O–H groups in total. The number of hydrogen-bond acceptors (Lipinski definition) is 3. The van der Waals surface area contributed by atoms with Gasteiger partial charge in [0.2, 0.25) is 0 Å². The maximum Gasteiger partial charge on any atom is 0.417 e. The standard InChI is InChI=1S/C9H10N2O2/c1-10-5-6-2-3-7-8(4-6)13-9(12)11-7/h2-4,10H,5H2,1H3,(H,11,12). The predicted molar refractivity (Wildman–Crippen MR) is 49.6 cm³/mol. The van der Waals surface area contributed by atoms with Crippen LogP contribution in [0.4, 0.5) is 0 Å². The smallest absolute Gasteiger partial charge is 0.408 e. The van der Waals surface area contributed by atoms with E-state index in [1.54, 1.807) is 0 Å². The van der Waals surface area contributed by atoms with Gasteiger partial charge in [0.1, 0.15) is 0 Å². The van der Waals surface area contributed by atoms with E-state index in [9.17, 15) is 4.79 Å². The van der Waals surface area contributed by atoms with Gasteiger partial charge >= 0.3 is 5.76 Å². The molecule has 0 unspecified atom stereocenters. The molecule has 68 valence electrons. The molecule has 0 aliphatic heterocycles. The molecule has 0 radical (unpaired) electrons. The number of aromatic amines is 1. The fourth-order valence-corrected chi connectivity index (χ4v) is 1.30. The molecule has 0 aliphatic carbocycles. The van der Waals surface area contributed by atoms with Crippen molar-refractivity contribution in [2.45, 2.75) is 6.54 Å². The Bertz CT molecular complexity index is 470. The summed E-state index contributed by atoms with van der Waals surface area (Å²) in [4.78, 5) is 13.4. The van der Waals surface area contributed by atoms with Crippen molar-refractivity contribution in [1.29, 1.82) is 0 Å². The van der Waals surface area contributed by atoms with Crippen LogP contribution in [0.2, 0.25) is 0 Å². The number of nitrogens with one attached hydrogen (secondary N) is 2. The lowest BCUT2D eigenvalue weighted by Gasteiger charge is -1.97. The van der Waals surface area contributed by atoms with Crippen LogP contribution in [-0.2, 0) is 6.54 Å². The van der Waals surface area contributed by atoms with E-state index in [0.717, 1.165) is 17.6 Å². The number of fused-ring (bicyclic) bond motifs is 1. The first-order chi connectivity index (χ1) is 6.29. The fourth-order valence-electron chi connectivity index (χ4n) is 1.30. The summed E-state index contributed by atoms with van der Waals surface area (Å²) in [5.74, 6) is -0.406. The number of hydrogen-bond donors (Lipinski definition) is 2. The zero-order valence-electron chi connectivity index (χ0n) is 7.26. The zero-order valence-corrected chi connectivity index (χ0v) is 7.26. The molecule has 0 saturated heterocycles. The summed E-state index contributed by atoms with van der Waals surface area (Å²) in [6.45, 7) is 0.769. The van der Waals surface area contributed by atoms with E-state index in [1.165, 1.54) is 0 Å². The van der Waals surface area contributed by atoms with Crippen molar-refractivity contribution in [1.82, 2.24) is 10.3 Å². The molecular weight excluding hydrogens is 168 g/mol. The molecule has 0 fully saturated rings. The van der Waals surface area contributed by atoms with Gasteiger partial charge in [-0.05, 0) is 24.7 Å². The van der Waals surface area contributed by atoms with Crippen LogP contribution in [0, 0.1) is 0 Å². The molecule has 0 atom stereocenters. The Morgan fingerprint density at radius 1 is 1.54 bits per heavy atom. The van der Waals surface area contributed by atoms with Gasteiger partial charge in [0.05, 0.1) is 5.52 Å². The maximum absolute atomic E-state index is 10.8. The minimum atomic E-state index is -0.406. The Labute approximate surface area is 74.6 Å². The van der Waals surface area contributed by atoms with Gasteiger partial charge in [0.25, 0.3) is 0 Å². The van der Waals surface area contributed by atoms with Crippen LogP contribution in [0.15, 0.2) is 27.4 Å². The lowest BCUT2D eigenvalue weighted by Crippen LogP contribution is -2.04. The zero-order chi connectivity index (χ0) is 9.26. The molecule has 1 heterocycles. The first-order valence-electron chi connectivity index (χ1n) is 4.06. The molecular formula is C9H10N2O2. The van der Waals surface area contributed by atoms with E-state index in [-0.39, 0.29) is 0 Å². The third-order valence-corrected chi connectivity index (χ3v) is 1.87. The number of H-pyrrole nitrogens is 1. The van der Waals surface area contributed by atoms with Crippen LogP contribution >= 0.6 is 0 Å². The molecule has 13 heavy (non-hydrogen) atoms. The van der Waals surface area contributed by atoms with Gasteiger partial charge in [0, 0.05) is 6.54 Å². The van der Waals surface area contributed by atoms with Gasteiger partial charge in [0.15, 0.2) is 5.58 Å². The topological polar surface area (TPSA) is 58.0 Å². The molecule has 4 heteroatoms. The summed E-state index contributed by atoms with van der Waals surface area (Å²) < 4.78 is 4.92. The van der Waals surface area contributed by atoms with Crippen molar-refractivity contribution >= 4 is 11.1 Å². The van der Waals surface area contributed by atoms with Crippen molar-refractivity contribution in [3.63, 3.8) is 0 Å². The molecule has 1 aromatic heterocycles. The largest absolute Gasteiger partial charge is 0.417 e.